The maximum Gasteiger partial charge on any atom is 0.245 e. The molecule has 1 unspecified atom stereocenters. The lowest BCUT2D eigenvalue weighted by Gasteiger charge is -2.44. The van der Waals surface area contributed by atoms with Crippen LogP contribution in [-0.2, 0) is 4.79 Å². The molecule has 0 radical (unpaired) electrons. The lowest BCUT2D eigenvalue weighted by atomic mass is 9.89. The molecule has 33 heavy (non-hydrogen) atoms. The number of thiocarbonyl (C=S) groups is 1. The van der Waals surface area contributed by atoms with Crippen LogP contribution in [0, 0.1) is 5.92 Å². The Morgan fingerprint density at radius 2 is 1.88 bits per heavy atom. The summed E-state index contributed by atoms with van der Waals surface area (Å²) in [5.74, 6) is 0.143. The normalized spacial score (nSPS) is 19.3. The highest BCUT2D eigenvalue weighted by molar-refractivity contribution is 7.80. The van der Waals surface area contributed by atoms with Gasteiger partial charge < -0.3 is 15.1 Å². The van der Waals surface area contributed by atoms with Crippen LogP contribution in [0.4, 0.5) is 5.69 Å². The van der Waals surface area contributed by atoms with Gasteiger partial charge in [-0.3, -0.25) is 9.78 Å². The molecule has 0 bridgehead atoms. The maximum atomic E-state index is 12.8. The highest BCUT2D eigenvalue weighted by Gasteiger charge is 2.42. The quantitative estimate of drug-likeness (QED) is 0.296. The molecule has 1 aliphatic carbocycles. The number of amides is 1. The van der Waals surface area contributed by atoms with Crippen molar-refractivity contribution in [3.63, 3.8) is 0 Å². The lowest BCUT2D eigenvalue weighted by Crippen LogP contribution is -2.62. The smallest absolute Gasteiger partial charge is 0.245 e. The summed E-state index contributed by atoms with van der Waals surface area (Å²) >= 11 is 24.9. The predicted molar refractivity (Wildman–Crippen MR) is 141 cm³/mol. The van der Waals surface area contributed by atoms with Crippen LogP contribution in [0.2, 0.25) is 0 Å². The minimum Gasteiger partial charge on any atom is -0.328 e. The topological polar surface area (TPSA) is 48.5 Å². The van der Waals surface area contributed by atoms with Crippen LogP contribution in [0.3, 0.4) is 0 Å². The fraction of sp³-hybridized carbons (Fsp3) is 0.458. The fourth-order valence-corrected chi connectivity index (χ4v) is 5.49. The Labute approximate surface area is 215 Å². The van der Waals surface area contributed by atoms with Crippen molar-refractivity contribution in [2.24, 2.45) is 5.92 Å². The van der Waals surface area contributed by atoms with Gasteiger partial charge >= 0.3 is 0 Å². The fourth-order valence-electron chi connectivity index (χ4n) is 4.58. The number of alkyl halides is 3. The highest BCUT2D eigenvalue weighted by atomic mass is 35.6. The third kappa shape index (κ3) is 5.91. The second kappa shape index (κ2) is 10.8. The molecule has 1 aromatic heterocycles. The summed E-state index contributed by atoms with van der Waals surface area (Å²) in [6, 6.07) is 9.90. The molecule has 9 heteroatoms. The van der Waals surface area contributed by atoms with Crippen molar-refractivity contribution in [3.05, 3.63) is 48.7 Å². The third-order valence-corrected chi connectivity index (χ3v) is 7.30. The van der Waals surface area contributed by atoms with E-state index in [9.17, 15) is 4.79 Å². The molecule has 0 spiro atoms. The minimum atomic E-state index is -1.77. The van der Waals surface area contributed by atoms with Gasteiger partial charge in [0.15, 0.2) is 11.3 Å². The van der Waals surface area contributed by atoms with Crippen LogP contribution in [0.1, 0.15) is 38.5 Å². The first-order valence-electron chi connectivity index (χ1n) is 11.3. The van der Waals surface area contributed by atoms with E-state index in [1.54, 1.807) is 17.2 Å². The van der Waals surface area contributed by atoms with E-state index >= 15 is 0 Å². The minimum absolute atomic E-state index is 0.288. The molecule has 2 heterocycles. The Hall–Kier alpha value is -1.60. The largest absolute Gasteiger partial charge is 0.328 e. The van der Waals surface area contributed by atoms with Gasteiger partial charge in [-0.2, -0.15) is 0 Å². The zero-order chi connectivity index (χ0) is 23.4. The van der Waals surface area contributed by atoms with Crippen molar-refractivity contribution >= 4 is 74.6 Å². The first-order chi connectivity index (χ1) is 15.8. The molecule has 1 atom stereocenters. The standard InChI is InChI=1S/C24H27Cl3N4OS/c25-24(26,27)22(29-20(32)13-12-17-7-2-1-3-8-17)31-16-6-15-30(23(31)33)19-11-4-9-18-10-5-14-28-21(18)19/h4-5,9-14,17,22H,1-3,6-8,15-16H2,(H,29,32)/b13-12+. The average Bonchev–Trinajstić information content (AvgIpc) is 2.81. The number of carbonyl (C=O) groups excluding carboxylic acids is 1. The molecule has 1 amide bonds. The molecule has 2 aromatic rings. The van der Waals surface area contributed by atoms with Crippen LogP contribution in [0.5, 0.6) is 0 Å². The number of allylic oxidation sites excluding steroid dienone is 1. The molecular formula is C24H27Cl3N4OS. The Morgan fingerprint density at radius 3 is 2.64 bits per heavy atom. The number of nitrogens with zero attached hydrogens (tertiary/aromatic N) is 3. The maximum absolute atomic E-state index is 12.8. The number of para-hydroxylation sites is 1. The Kier molecular flexibility index (Phi) is 8.00. The third-order valence-electron chi connectivity index (χ3n) is 6.23. The lowest BCUT2D eigenvalue weighted by molar-refractivity contribution is -0.118. The van der Waals surface area contributed by atoms with E-state index in [1.165, 1.54) is 19.3 Å². The number of carbonyl (C=O) groups is 1. The van der Waals surface area contributed by atoms with E-state index in [0.717, 1.165) is 35.9 Å². The van der Waals surface area contributed by atoms with Gasteiger partial charge in [0.2, 0.25) is 9.70 Å². The molecule has 1 saturated heterocycles. The molecular weight excluding hydrogens is 499 g/mol. The highest BCUT2D eigenvalue weighted by Crippen LogP contribution is 2.35. The van der Waals surface area contributed by atoms with E-state index in [1.807, 2.05) is 41.3 Å². The van der Waals surface area contributed by atoms with E-state index in [2.05, 4.69) is 10.3 Å². The van der Waals surface area contributed by atoms with Gasteiger partial charge in [-0.15, -0.1) is 0 Å². The number of pyridine rings is 1. The number of rotatable bonds is 5. The van der Waals surface area contributed by atoms with Gasteiger partial charge in [0, 0.05) is 24.7 Å². The van der Waals surface area contributed by atoms with Crippen LogP contribution >= 0.6 is 47.0 Å². The van der Waals surface area contributed by atoms with E-state index in [0.29, 0.717) is 24.1 Å². The van der Waals surface area contributed by atoms with Crippen LogP contribution in [0.15, 0.2) is 48.7 Å². The Bertz CT molecular complexity index is 1030. The summed E-state index contributed by atoms with van der Waals surface area (Å²) in [5.41, 5.74) is 1.75. The number of hydrogen-bond donors (Lipinski definition) is 1. The molecule has 2 fully saturated rings. The van der Waals surface area contributed by atoms with Gasteiger partial charge in [0.1, 0.15) is 0 Å². The number of anilines is 1. The summed E-state index contributed by atoms with van der Waals surface area (Å²) in [6.07, 6.45) is 11.1. The SMILES string of the molecule is O=C(/C=C/C1CCCCC1)NC(N1CCCN(c2cccc3cccnc23)C1=S)C(Cl)(Cl)Cl. The van der Waals surface area contributed by atoms with E-state index in [-0.39, 0.29) is 5.91 Å². The number of hydrogen-bond acceptors (Lipinski definition) is 3. The van der Waals surface area contributed by atoms with Crippen molar-refractivity contribution in [2.75, 3.05) is 18.0 Å². The predicted octanol–water partition coefficient (Wildman–Crippen LogP) is 5.98. The van der Waals surface area contributed by atoms with Crippen molar-refractivity contribution < 1.29 is 4.79 Å². The summed E-state index contributed by atoms with van der Waals surface area (Å²) in [4.78, 5) is 21.1. The van der Waals surface area contributed by atoms with Gasteiger partial charge in [-0.05, 0) is 55.6 Å². The van der Waals surface area contributed by atoms with Gasteiger partial charge in [0.25, 0.3) is 0 Å². The number of benzene rings is 1. The second-order valence-corrected chi connectivity index (χ2v) is 11.3. The van der Waals surface area contributed by atoms with Crippen LogP contribution in [-0.4, -0.2) is 44.0 Å². The molecule has 5 nitrogen and oxygen atoms in total. The van der Waals surface area contributed by atoms with Crippen molar-refractivity contribution in [1.29, 1.82) is 0 Å². The molecule has 1 aliphatic heterocycles. The molecule has 1 saturated carbocycles. The molecule has 4 rings (SSSR count). The van der Waals surface area contributed by atoms with Crippen molar-refractivity contribution in [3.8, 4) is 0 Å². The number of fused-ring (bicyclic) bond motifs is 1. The Morgan fingerprint density at radius 1 is 1.12 bits per heavy atom. The average molecular weight is 526 g/mol. The summed E-state index contributed by atoms with van der Waals surface area (Å²) in [7, 11) is 0. The van der Waals surface area contributed by atoms with Crippen molar-refractivity contribution in [2.45, 2.75) is 48.5 Å². The van der Waals surface area contributed by atoms with Gasteiger partial charge in [0.05, 0.1) is 11.2 Å². The molecule has 1 N–H and O–H groups in total. The first kappa shape index (κ1) is 24.5. The Balaban J connectivity index is 1.54. The number of nitrogens with one attached hydrogen (secondary N) is 1. The number of halogens is 3. The van der Waals surface area contributed by atoms with Gasteiger partial charge in [-0.1, -0.05) is 78.3 Å². The first-order valence-corrected chi connectivity index (χ1v) is 12.9. The summed E-state index contributed by atoms with van der Waals surface area (Å²) in [6.45, 7) is 1.28. The monoisotopic (exact) mass is 524 g/mol. The van der Waals surface area contributed by atoms with Gasteiger partial charge in [-0.25, -0.2) is 0 Å². The summed E-state index contributed by atoms with van der Waals surface area (Å²) in [5, 5.41) is 4.40. The second-order valence-electron chi connectivity index (χ2n) is 8.54. The molecule has 2 aliphatic rings. The van der Waals surface area contributed by atoms with Crippen LogP contribution < -0.4 is 10.2 Å². The zero-order valence-corrected chi connectivity index (χ0v) is 21.3. The van der Waals surface area contributed by atoms with E-state index < -0.39 is 9.96 Å². The van der Waals surface area contributed by atoms with Crippen molar-refractivity contribution in [1.82, 2.24) is 15.2 Å². The van der Waals surface area contributed by atoms with E-state index in [4.69, 9.17) is 47.0 Å². The molecule has 176 valence electrons. The van der Waals surface area contributed by atoms with Crippen LogP contribution in [0.25, 0.3) is 10.9 Å². The zero-order valence-electron chi connectivity index (χ0n) is 18.2. The number of aromatic nitrogens is 1. The molecule has 1 aromatic carbocycles. The summed E-state index contributed by atoms with van der Waals surface area (Å²) < 4.78 is -1.77.